The van der Waals surface area contributed by atoms with Gasteiger partial charge in [-0.15, -0.1) is 0 Å². The summed E-state index contributed by atoms with van der Waals surface area (Å²) in [5.74, 6) is 0. The van der Waals surface area contributed by atoms with Crippen LogP contribution in [0.1, 0.15) is 27.8 Å². The van der Waals surface area contributed by atoms with Crippen molar-refractivity contribution in [3.05, 3.63) is 107 Å². The summed E-state index contributed by atoms with van der Waals surface area (Å²) in [7, 11) is 0. The van der Waals surface area contributed by atoms with E-state index in [9.17, 15) is 0 Å². The molecule has 0 atom stereocenters. The molecule has 1 heterocycles. The van der Waals surface area contributed by atoms with E-state index in [-0.39, 0.29) is 5.41 Å². The number of aryl methyl sites for hydroxylation is 2. The highest BCUT2D eigenvalue weighted by atomic mass is 15.2. The summed E-state index contributed by atoms with van der Waals surface area (Å²) >= 11 is 0. The molecule has 1 nitrogen and oxygen atoms in total. The van der Waals surface area contributed by atoms with E-state index < -0.39 is 0 Å². The fourth-order valence-electron chi connectivity index (χ4n) is 4.97. The van der Waals surface area contributed by atoms with Crippen LogP contribution < -0.4 is 0 Å². The second kappa shape index (κ2) is 6.41. The van der Waals surface area contributed by atoms with Crippen LogP contribution in [-0.4, -0.2) is 24.5 Å². The Bertz CT molecular complexity index is 857. The van der Waals surface area contributed by atoms with Crippen LogP contribution in [0, 0.1) is 0 Å². The normalized spacial score (nSPS) is 17.8. The minimum atomic E-state index is 0.195. The maximum absolute atomic E-state index is 2.63. The van der Waals surface area contributed by atoms with Gasteiger partial charge in [-0.1, -0.05) is 78.9 Å². The second-order valence-corrected chi connectivity index (χ2v) is 7.84. The average Bonchev–Trinajstić information content (AvgIpc) is 2.81. The predicted octanol–water partition coefficient (Wildman–Crippen LogP) is 4.63. The molecule has 1 spiro atoms. The van der Waals surface area contributed by atoms with Crippen LogP contribution in [0.3, 0.4) is 0 Å². The predicted molar refractivity (Wildman–Crippen MR) is 108 cm³/mol. The SMILES string of the molecule is c1ccc(CCN2CC3(C2)c2ccccc2CCc2ccccc23)cc1. The largest absolute Gasteiger partial charge is 0.300 e. The molecule has 0 aromatic heterocycles. The van der Waals surface area contributed by atoms with E-state index in [0.29, 0.717) is 0 Å². The standard InChI is InChI=1S/C25H25N/c1-2-8-20(9-3-1)16-17-26-18-25(19-26)23-12-6-4-10-21(23)14-15-22-11-5-7-13-24(22)25/h1-13H,14-19H2. The molecular weight excluding hydrogens is 314 g/mol. The minimum Gasteiger partial charge on any atom is -0.300 e. The van der Waals surface area contributed by atoms with Crippen molar-refractivity contribution in [1.29, 1.82) is 0 Å². The average molecular weight is 339 g/mol. The van der Waals surface area contributed by atoms with Gasteiger partial charge in [0.15, 0.2) is 0 Å². The Hall–Kier alpha value is -2.38. The minimum absolute atomic E-state index is 0.195. The molecule has 0 unspecified atom stereocenters. The third kappa shape index (κ3) is 2.59. The van der Waals surface area contributed by atoms with Crippen molar-refractivity contribution in [2.24, 2.45) is 0 Å². The zero-order chi connectivity index (χ0) is 17.4. The van der Waals surface area contributed by atoms with Crippen LogP contribution in [0.4, 0.5) is 0 Å². The molecule has 0 radical (unpaired) electrons. The zero-order valence-electron chi connectivity index (χ0n) is 15.2. The Morgan fingerprint density at radius 2 is 1.19 bits per heavy atom. The molecule has 26 heavy (non-hydrogen) atoms. The monoisotopic (exact) mass is 339 g/mol. The Labute approximate surface area is 156 Å². The molecule has 0 bridgehead atoms. The van der Waals surface area contributed by atoms with Gasteiger partial charge in [0.05, 0.1) is 0 Å². The summed E-state index contributed by atoms with van der Waals surface area (Å²) in [5.41, 5.74) is 7.87. The number of likely N-dealkylation sites (tertiary alicyclic amines) is 1. The number of hydrogen-bond acceptors (Lipinski definition) is 1. The first kappa shape index (κ1) is 15.8. The summed E-state index contributed by atoms with van der Waals surface area (Å²) < 4.78 is 0. The summed E-state index contributed by atoms with van der Waals surface area (Å²) in [4.78, 5) is 2.63. The lowest BCUT2D eigenvalue weighted by Gasteiger charge is -2.52. The maximum atomic E-state index is 2.63. The number of hydrogen-bond donors (Lipinski definition) is 0. The van der Waals surface area contributed by atoms with E-state index in [0.717, 1.165) is 26.1 Å². The molecule has 3 aromatic carbocycles. The van der Waals surface area contributed by atoms with Crippen molar-refractivity contribution in [1.82, 2.24) is 4.90 Å². The Balaban J connectivity index is 1.44. The highest BCUT2D eigenvalue weighted by Crippen LogP contribution is 2.45. The van der Waals surface area contributed by atoms with Crippen LogP contribution in [0.15, 0.2) is 78.9 Å². The first-order chi connectivity index (χ1) is 12.9. The zero-order valence-corrected chi connectivity index (χ0v) is 15.2. The van der Waals surface area contributed by atoms with Crippen LogP contribution in [0.2, 0.25) is 0 Å². The van der Waals surface area contributed by atoms with Crippen molar-refractivity contribution in [3.63, 3.8) is 0 Å². The second-order valence-electron chi connectivity index (χ2n) is 7.84. The van der Waals surface area contributed by atoms with Crippen molar-refractivity contribution in [2.45, 2.75) is 24.7 Å². The van der Waals surface area contributed by atoms with Gasteiger partial charge in [-0.05, 0) is 47.1 Å². The molecule has 130 valence electrons. The van der Waals surface area contributed by atoms with Crippen molar-refractivity contribution in [3.8, 4) is 0 Å². The van der Waals surface area contributed by atoms with E-state index in [1.807, 2.05) is 0 Å². The smallest absolute Gasteiger partial charge is 0.0461 e. The van der Waals surface area contributed by atoms with Gasteiger partial charge in [0.1, 0.15) is 0 Å². The third-order valence-electron chi connectivity index (χ3n) is 6.28. The molecule has 1 saturated heterocycles. The molecule has 3 aromatic rings. The van der Waals surface area contributed by atoms with Crippen molar-refractivity contribution < 1.29 is 0 Å². The van der Waals surface area contributed by atoms with E-state index in [4.69, 9.17) is 0 Å². The molecule has 1 heteroatoms. The first-order valence-corrected chi connectivity index (χ1v) is 9.78. The van der Waals surface area contributed by atoms with Gasteiger partial charge in [-0.3, -0.25) is 0 Å². The van der Waals surface area contributed by atoms with E-state index in [2.05, 4.69) is 83.8 Å². The number of benzene rings is 3. The highest BCUT2D eigenvalue weighted by molar-refractivity contribution is 5.52. The fourth-order valence-corrected chi connectivity index (χ4v) is 4.97. The van der Waals surface area contributed by atoms with Gasteiger partial charge in [0.25, 0.3) is 0 Å². The molecule has 0 saturated carbocycles. The van der Waals surface area contributed by atoms with Crippen LogP contribution >= 0.6 is 0 Å². The molecule has 1 aliphatic heterocycles. The molecule has 1 fully saturated rings. The molecule has 1 aliphatic carbocycles. The summed E-state index contributed by atoms with van der Waals surface area (Å²) in [5, 5.41) is 0. The first-order valence-electron chi connectivity index (χ1n) is 9.78. The lowest BCUT2D eigenvalue weighted by molar-refractivity contribution is 0.0940. The summed E-state index contributed by atoms with van der Waals surface area (Å²) in [6.07, 6.45) is 3.47. The maximum Gasteiger partial charge on any atom is 0.0461 e. The molecule has 2 aliphatic rings. The topological polar surface area (TPSA) is 3.24 Å². The summed E-state index contributed by atoms with van der Waals surface area (Å²) in [6.45, 7) is 3.44. The van der Waals surface area contributed by atoms with Crippen LogP contribution in [-0.2, 0) is 24.7 Å². The van der Waals surface area contributed by atoms with E-state index >= 15 is 0 Å². The van der Waals surface area contributed by atoms with Gasteiger partial charge in [-0.25, -0.2) is 0 Å². The summed E-state index contributed by atoms with van der Waals surface area (Å²) in [6, 6.07) is 29.2. The van der Waals surface area contributed by atoms with Crippen LogP contribution in [0.25, 0.3) is 0 Å². The Kier molecular flexibility index (Phi) is 3.90. The van der Waals surface area contributed by atoms with Crippen LogP contribution in [0.5, 0.6) is 0 Å². The molecule has 5 rings (SSSR count). The lowest BCUT2D eigenvalue weighted by atomic mass is 9.67. The van der Waals surface area contributed by atoms with Gasteiger partial charge in [-0.2, -0.15) is 0 Å². The number of fused-ring (bicyclic) bond motifs is 4. The van der Waals surface area contributed by atoms with Gasteiger partial charge < -0.3 is 4.90 Å². The van der Waals surface area contributed by atoms with Gasteiger partial charge in [0, 0.05) is 25.0 Å². The Morgan fingerprint density at radius 3 is 1.81 bits per heavy atom. The third-order valence-corrected chi connectivity index (χ3v) is 6.28. The quantitative estimate of drug-likeness (QED) is 0.672. The van der Waals surface area contributed by atoms with E-state index in [1.54, 1.807) is 22.3 Å². The number of nitrogens with zero attached hydrogens (tertiary/aromatic N) is 1. The fraction of sp³-hybridized carbons (Fsp3) is 0.280. The molecule has 0 N–H and O–H groups in total. The lowest BCUT2D eigenvalue weighted by Crippen LogP contribution is -2.60. The van der Waals surface area contributed by atoms with Gasteiger partial charge >= 0.3 is 0 Å². The Morgan fingerprint density at radius 1 is 0.654 bits per heavy atom. The molecule has 0 amide bonds. The van der Waals surface area contributed by atoms with Gasteiger partial charge in [0.2, 0.25) is 0 Å². The highest BCUT2D eigenvalue weighted by Gasteiger charge is 2.48. The van der Waals surface area contributed by atoms with E-state index in [1.165, 1.54) is 18.4 Å². The molecular formula is C25H25N. The van der Waals surface area contributed by atoms with Crippen molar-refractivity contribution >= 4 is 0 Å². The van der Waals surface area contributed by atoms with Crippen molar-refractivity contribution in [2.75, 3.05) is 19.6 Å². The number of rotatable bonds is 3.